The monoisotopic (exact) mass is 387 g/mol. The SMILES string of the molecule is CC(C)Oc1ccc(C(=O)N2CCC[C@@H]2CS(=O)(=O)c2ccccc2)cc1. The van der Waals surface area contributed by atoms with Gasteiger partial charge in [-0.3, -0.25) is 4.79 Å². The Bertz CT molecular complexity index is 876. The predicted molar refractivity (Wildman–Crippen MR) is 105 cm³/mol. The number of ether oxygens (including phenoxy) is 1. The molecule has 0 unspecified atom stereocenters. The van der Waals surface area contributed by atoms with Gasteiger partial charge in [0.2, 0.25) is 0 Å². The summed E-state index contributed by atoms with van der Waals surface area (Å²) in [7, 11) is -3.43. The third-order valence-electron chi connectivity index (χ3n) is 4.63. The molecule has 0 aromatic heterocycles. The van der Waals surface area contributed by atoms with Gasteiger partial charge in [-0.2, -0.15) is 0 Å². The number of benzene rings is 2. The van der Waals surface area contributed by atoms with Gasteiger partial charge in [-0.25, -0.2) is 8.42 Å². The number of carbonyl (C=O) groups excluding carboxylic acids is 1. The van der Waals surface area contributed by atoms with E-state index in [9.17, 15) is 13.2 Å². The first kappa shape index (κ1) is 19.4. The van der Waals surface area contributed by atoms with Gasteiger partial charge >= 0.3 is 0 Å². The van der Waals surface area contributed by atoms with Crippen LogP contribution in [-0.4, -0.2) is 43.7 Å². The molecule has 1 aliphatic heterocycles. The molecular weight excluding hydrogens is 362 g/mol. The Hall–Kier alpha value is -2.34. The Balaban J connectivity index is 1.73. The molecule has 6 heteroatoms. The molecular formula is C21H25NO4S. The third-order valence-corrected chi connectivity index (χ3v) is 6.44. The molecule has 5 nitrogen and oxygen atoms in total. The standard InChI is InChI=1S/C21H25NO4S/c1-16(2)26-19-12-10-17(11-13-19)21(23)22-14-6-7-18(22)15-27(24,25)20-8-4-3-5-9-20/h3-5,8-13,16,18H,6-7,14-15H2,1-2H3/t18-/m1/s1. The fourth-order valence-corrected chi connectivity index (χ4v) is 4.99. The van der Waals surface area contributed by atoms with Crippen LogP contribution in [0.1, 0.15) is 37.0 Å². The molecule has 2 aromatic carbocycles. The first-order valence-corrected chi connectivity index (χ1v) is 10.9. The molecule has 3 rings (SSSR count). The van der Waals surface area contributed by atoms with Gasteiger partial charge < -0.3 is 9.64 Å². The van der Waals surface area contributed by atoms with Crippen molar-refractivity contribution in [3.63, 3.8) is 0 Å². The minimum absolute atomic E-state index is 0.0443. The van der Waals surface area contributed by atoms with E-state index < -0.39 is 9.84 Å². The summed E-state index contributed by atoms with van der Waals surface area (Å²) in [5.41, 5.74) is 0.551. The van der Waals surface area contributed by atoms with Crippen LogP contribution in [0, 0.1) is 0 Å². The number of rotatable bonds is 6. The van der Waals surface area contributed by atoms with Crippen molar-refractivity contribution < 1.29 is 17.9 Å². The van der Waals surface area contributed by atoms with E-state index >= 15 is 0 Å². The van der Waals surface area contributed by atoms with E-state index in [2.05, 4.69) is 0 Å². The lowest BCUT2D eigenvalue weighted by molar-refractivity contribution is 0.0749. The van der Waals surface area contributed by atoms with Gasteiger partial charge in [0.05, 0.1) is 16.8 Å². The Morgan fingerprint density at radius 3 is 2.41 bits per heavy atom. The molecule has 1 atom stereocenters. The summed E-state index contributed by atoms with van der Waals surface area (Å²) in [6.07, 6.45) is 1.58. The van der Waals surface area contributed by atoms with Gasteiger partial charge in [0.1, 0.15) is 5.75 Å². The van der Waals surface area contributed by atoms with E-state index in [0.29, 0.717) is 29.2 Å². The molecule has 0 radical (unpaired) electrons. The molecule has 0 N–H and O–H groups in total. The Labute approximate surface area is 160 Å². The molecule has 0 spiro atoms. The summed E-state index contributed by atoms with van der Waals surface area (Å²) in [6, 6.07) is 15.1. The zero-order chi connectivity index (χ0) is 19.4. The summed E-state index contributed by atoms with van der Waals surface area (Å²) in [5.74, 6) is 0.542. The molecule has 1 amide bonds. The second-order valence-electron chi connectivity index (χ2n) is 7.08. The molecule has 0 saturated carbocycles. The lowest BCUT2D eigenvalue weighted by Crippen LogP contribution is -2.39. The van der Waals surface area contributed by atoms with E-state index in [1.165, 1.54) is 0 Å². The van der Waals surface area contributed by atoms with Crippen LogP contribution >= 0.6 is 0 Å². The van der Waals surface area contributed by atoms with Crippen LogP contribution in [0.5, 0.6) is 5.75 Å². The number of likely N-dealkylation sites (tertiary alicyclic amines) is 1. The number of amides is 1. The average molecular weight is 388 g/mol. The molecule has 1 saturated heterocycles. The maximum atomic E-state index is 12.9. The normalized spacial score (nSPS) is 17.3. The molecule has 2 aromatic rings. The van der Waals surface area contributed by atoms with Crippen molar-refractivity contribution in [3.05, 3.63) is 60.2 Å². The van der Waals surface area contributed by atoms with Crippen LogP contribution in [0.2, 0.25) is 0 Å². The van der Waals surface area contributed by atoms with Crippen molar-refractivity contribution in [1.82, 2.24) is 4.90 Å². The Morgan fingerprint density at radius 2 is 1.78 bits per heavy atom. The topological polar surface area (TPSA) is 63.7 Å². The molecule has 1 aliphatic rings. The zero-order valence-corrected chi connectivity index (χ0v) is 16.5. The van der Waals surface area contributed by atoms with Crippen LogP contribution in [0.4, 0.5) is 0 Å². The van der Waals surface area contributed by atoms with Gasteiger partial charge in [-0.15, -0.1) is 0 Å². The van der Waals surface area contributed by atoms with Gasteiger partial charge in [0.15, 0.2) is 9.84 Å². The number of nitrogens with zero attached hydrogens (tertiary/aromatic N) is 1. The fraction of sp³-hybridized carbons (Fsp3) is 0.381. The highest BCUT2D eigenvalue weighted by Crippen LogP contribution is 2.25. The van der Waals surface area contributed by atoms with Gasteiger partial charge in [0, 0.05) is 18.2 Å². The van der Waals surface area contributed by atoms with E-state index in [4.69, 9.17) is 4.74 Å². The maximum absolute atomic E-state index is 12.9. The largest absolute Gasteiger partial charge is 0.491 e. The lowest BCUT2D eigenvalue weighted by atomic mass is 10.1. The lowest BCUT2D eigenvalue weighted by Gasteiger charge is -2.25. The number of sulfone groups is 1. The second kappa shape index (κ2) is 8.13. The number of carbonyl (C=O) groups is 1. The van der Waals surface area contributed by atoms with Crippen molar-refractivity contribution in [1.29, 1.82) is 0 Å². The zero-order valence-electron chi connectivity index (χ0n) is 15.7. The summed E-state index contributed by atoms with van der Waals surface area (Å²) >= 11 is 0. The van der Waals surface area contributed by atoms with Gasteiger partial charge in [0.25, 0.3) is 5.91 Å². The molecule has 1 fully saturated rings. The van der Waals surface area contributed by atoms with Crippen LogP contribution in [0.15, 0.2) is 59.5 Å². The minimum atomic E-state index is -3.43. The summed E-state index contributed by atoms with van der Waals surface area (Å²) in [6.45, 7) is 4.47. The maximum Gasteiger partial charge on any atom is 0.254 e. The van der Waals surface area contributed by atoms with Crippen LogP contribution in [0.25, 0.3) is 0 Å². The van der Waals surface area contributed by atoms with Gasteiger partial charge in [-0.05, 0) is 63.1 Å². The van der Waals surface area contributed by atoms with Crippen molar-refractivity contribution in [2.45, 2.75) is 43.7 Å². The third kappa shape index (κ3) is 4.69. The highest BCUT2D eigenvalue weighted by Gasteiger charge is 2.33. The van der Waals surface area contributed by atoms with Gasteiger partial charge in [-0.1, -0.05) is 18.2 Å². The fourth-order valence-electron chi connectivity index (χ4n) is 3.37. The van der Waals surface area contributed by atoms with E-state index in [-0.39, 0.29) is 23.8 Å². The summed E-state index contributed by atoms with van der Waals surface area (Å²) in [5, 5.41) is 0. The molecule has 0 aliphatic carbocycles. The van der Waals surface area contributed by atoms with Crippen molar-refractivity contribution in [2.75, 3.05) is 12.3 Å². The smallest absolute Gasteiger partial charge is 0.254 e. The van der Waals surface area contributed by atoms with E-state index in [0.717, 1.165) is 6.42 Å². The van der Waals surface area contributed by atoms with E-state index in [1.807, 2.05) is 13.8 Å². The molecule has 0 bridgehead atoms. The van der Waals surface area contributed by atoms with E-state index in [1.54, 1.807) is 59.5 Å². The molecule has 1 heterocycles. The number of hydrogen-bond donors (Lipinski definition) is 0. The first-order valence-electron chi connectivity index (χ1n) is 9.22. The summed E-state index contributed by atoms with van der Waals surface area (Å²) < 4.78 is 31.0. The second-order valence-corrected chi connectivity index (χ2v) is 9.11. The van der Waals surface area contributed by atoms with Crippen LogP contribution < -0.4 is 4.74 Å². The highest BCUT2D eigenvalue weighted by atomic mass is 32.2. The Kier molecular flexibility index (Phi) is 5.85. The van der Waals surface area contributed by atoms with Crippen LogP contribution in [0.3, 0.4) is 0 Å². The Morgan fingerprint density at radius 1 is 1.11 bits per heavy atom. The van der Waals surface area contributed by atoms with Crippen molar-refractivity contribution in [3.8, 4) is 5.75 Å². The highest BCUT2D eigenvalue weighted by molar-refractivity contribution is 7.91. The van der Waals surface area contributed by atoms with Crippen LogP contribution in [-0.2, 0) is 9.84 Å². The minimum Gasteiger partial charge on any atom is -0.491 e. The summed E-state index contributed by atoms with van der Waals surface area (Å²) in [4.78, 5) is 14.9. The predicted octanol–water partition coefficient (Wildman–Crippen LogP) is 3.55. The average Bonchev–Trinajstić information content (AvgIpc) is 3.09. The molecule has 27 heavy (non-hydrogen) atoms. The number of hydrogen-bond acceptors (Lipinski definition) is 4. The quantitative estimate of drug-likeness (QED) is 0.760. The molecule has 144 valence electrons. The first-order chi connectivity index (χ1) is 12.9. The van der Waals surface area contributed by atoms with Crippen molar-refractivity contribution >= 4 is 15.7 Å². The van der Waals surface area contributed by atoms with Crippen molar-refractivity contribution in [2.24, 2.45) is 0 Å².